The van der Waals surface area contributed by atoms with Crippen LogP contribution in [0.5, 0.6) is 17.2 Å². The van der Waals surface area contributed by atoms with Gasteiger partial charge in [0.05, 0.1) is 18.5 Å². The van der Waals surface area contributed by atoms with Crippen molar-refractivity contribution in [3.63, 3.8) is 0 Å². The monoisotopic (exact) mass is 376 g/mol. The highest BCUT2D eigenvalue weighted by Gasteiger charge is 2.27. The molecule has 2 aliphatic rings. The first-order valence-corrected chi connectivity index (χ1v) is 9.11. The van der Waals surface area contributed by atoms with Crippen LogP contribution in [0.2, 0.25) is 0 Å². The Hall–Kier alpha value is -3.32. The molecule has 0 fully saturated rings. The molecule has 0 spiro atoms. The van der Waals surface area contributed by atoms with Crippen molar-refractivity contribution in [2.24, 2.45) is 0 Å². The second-order valence-corrected chi connectivity index (χ2v) is 6.90. The van der Waals surface area contributed by atoms with Crippen LogP contribution >= 0.6 is 0 Å². The molecule has 7 heteroatoms. The minimum Gasteiger partial charge on any atom is -0.493 e. The van der Waals surface area contributed by atoms with Crippen LogP contribution in [0.25, 0.3) is 11.3 Å². The van der Waals surface area contributed by atoms with Gasteiger partial charge >= 0.3 is 0 Å². The summed E-state index contributed by atoms with van der Waals surface area (Å²) in [5, 5.41) is 0. The molecule has 0 aliphatic carbocycles. The highest BCUT2D eigenvalue weighted by molar-refractivity contribution is 5.65. The largest absolute Gasteiger partial charge is 0.493 e. The molecule has 0 bridgehead atoms. The summed E-state index contributed by atoms with van der Waals surface area (Å²) in [4.78, 5) is 11.3. The molecular weight excluding hydrogens is 356 g/mol. The smallest absolute Gasteiger partial charge is 0.231 e. The second kappa shape index (κ2) is 6.69. The van der Waals surface area contributed by atoms with E-state index < -0.39 is 0 Å². The molecule has 2 aliphatic heterocycles. The molecule has 3 aromatic rings. The van der Waals surface area contributed by atoms with Gasteiger partial charge in [0, 0.05) is 30.8 Å². The van der Waals surface area contributed by atoms with Crippen LogP contribution in [-0.2, 0) is 19.6 Å². The number of ether oxygens (including phenoxy) is 3. The average molecular weight is 376 g/mol. The minimum absolute atomic E-state index is 0.222. The van der Waals surface area contributed by atoms with E-state index in [4.69, 9.17) is 19.9 Å². The minimum atomic E-state index is 0.222. The van der Waals surface area contributed by atoms with Gasteiger partial charge in [0.1, 0.15) is 0 Å². The second-order valence-electron chi connectivity index (χ2n) is 6.90. The van der Waals surface area contributed by atoms with Crippen LogP contribution in [0.1, 0.15) is 16.8 Å². The third kappa shape index (κ3) is 2.90. The van der Waals surface area contributed by atoms with Crippen LogP contribution in [0, 0.1) is 0 Å². The Morgan fingerprint density at radius 2 is 1.96 bits per heavy atom. The maximum atomic E-state index is 5.98. The number of nitrogen functional groups attached to an aromatic ring is 1. The van der Waals surface area contributed by atoms with Gasteiger partial charge in [-0.3, -0.25) is 4.90 Å². The molecular formula is C21H20N4O3. The topological polar surface area (TPSA) is 82.7 Å². The molecule has 0 unspecified atom stereocenters. The van der Waals surface area contributed by atoms with Gasteiger partial charge in [-0.15, -0.1) is 0 Å². The summed E-state index contributed by atoms with van der Waals surface area (Å²) >= 11 is 0. The Balaban J connectivity index is 1.44. The molecule has 2 N–H and O–H groups in total. The molecule has 0 radical (unpaired) electrons. The number of nitrogens with two attached hydrogens (primary N) is 1. The Kier molecular flexibility index (Phi) is 4.02. The predicted molar refractivity (Wildman–Crippen MR) is 104 cm³/mol. The molecule has 142 valence electrons. The van der Waals surface area contributed by atoms with Crippen LogP contribution < -0.4 is 19.9 Å². The van der Waals surface area contributed by atoms with E-state index in [1.165, 1.54) is 0 Å². The van der Waals surface area contributed by atoms with Crippen molar-refractivity contribution in [1.29, 1.82) is 0 Å². The van der Waals surface area contributed by atoms with E-state index in [1.54, 1.807) is 7.11 Å². The van der Waals surface area contributed by atoms with Crippen LogP contribution in [-0.4, -0.2) is 28.8 Å². The van der Waals surface area contributed by atoms with Gasteiger partial charge in [0.2, 0.25) is 18.5 Å². The van der Waals surface area contributed by atoms with Crippen molar-refractivity contribution in [1.82, 2.24) is 14.9 Å². The quantitative estimate of drug-likeness (QED) is 0.749. The molecule has 3 heterocycles. The molecule has 0 saturated heterocycles. The number of rotatable bonds is 4. The summed E-state index contributed by atoms with van der Waals surface area (Å²) in [5.74, 6) is 2.39. The first-order valence-electron chi connectivity index (χ1n) is 9.11. The molecule has 7 nitrogen and oxygen atoms in total. The summed E-state index contributed by atoms with van der Waals surface area (Å²) in [5.41, 5.74) is 11.2. The number of anilines is 1. The first kappa shape index (κ1) is 16.8. The first-order chi connectivity index (χ1) is 13.7. The van der Waals surface area contributed by atoms with E-state index in [2.05, 4.69) is 14.9 Å². The van der Waals surface area contributed by atoms with Crippen molar-refractivity contribution in [2.45, 2.75) is 19.6 Å². The van der Waals surface area contributed by atoms with Gasteiger partial charge in [0.15, 0.2) is 11.5 Å². The SMILES string of the molecule is COc1cc(CN2Cc3nc(N)nc(-c4ccccc4)c3C2)cc2c1OCO2. The summed E-state index contributed by atoms with van der Waals surface area (Å²) in [6, 6.07) is 14.1. The van der Waals surface area contributed by atoms with E-state index in [0.29, 0.717) is 17.4 Å². The maximum absolute atomic E-state index is 5.98. The molecule has 0 amide bonds. The normalized spacial score (nSPS) is 14.9. The molecule has 0 atom stereocenters. The third-order valence-corrected chi connectivity index (χ3v) is 5.04. The van der Waals surface area contributed by atoms with Crippen molar-refractivity contribution in [2.75, 3.05) is 19.6 Å². The number of aromatic nitrogens is 2. The summed E-state index contributed by atoms with van der Waals surface area (Å²) in [6.45, 7) is 2.44. The zero-order chi connectivity index (χ0) is 19.1. The molecule has 5 rings (SSSR count). The lowest BCUT2D eigenvalue weighted by atomic mass is 10.1. The standard InChI is InChI=1S/C21H20N4O3/c1-26-17-7-13(8-18-20(17)28-12-27-18)9-25-10-15-16(11-25)23-21(22)24-19(15)14-5-3-2-4-6-14/h2-8H,9-12H2,1H3,(H2,22,23,24). The fraction of sp³-hybridized carbons (Fsp3) is 0.238. The lowest BCUT2D eigenvalue weighted by Gasteiger charge is -2.16. The molecule has 1 aromatic heterocycles. The van der Waals surface area contributed by atoms with Gasteiger partial charge in [0.25, 0.3) is 0 Å². The van der Waals surface area contributed by atoms with Crippen LogP contribution in [0.3, 0.4) is 0 Å². The van der Waals surface area contributed by atoms with Crippen molar-refractivity contribution < 1.29 is 14.2 Å². The number of hydrogen-bond donors (Lipinski definition) is 1. The summed E-state index contributed by atoms with van der Waals surface area (Å²) < 4.78 is 16.5. The summed E-state index contributed by atoms with van der Waals surface area (Å²) in [7, 11) is 1.64. The van der Waals surface area contributed by atoms with E-state index in [0.717, 1.165) is 53.5 Å². The number of benzene rings is 2. The number of hydrogen-bond acceptors (Lipinski definition) is 7. The Morgan fingerprint density at radius 3 is 2.79 bits per heavy atom. The van der Waals surface area contributed by atoms with Crippen LogP contribution in [0.15, 0.2) is 42.5 Å². The van der Waals surface area contributed by atoms with Crippen molar-refractivity contribution in [3.05, 3.63) is 59.3 Å². The summed E-state index contributed by atoms with van der Waals surface area (Å²) in [6.07, 6.45) is 0. The van der Waals surface area contributed by atoms with E-state index in [1.807, 2.05) is 42.5 Å². The fourth-order valence-corrected chi connectivity index (χ4v) is 3.82. The highest BCUT2D eigenvalue weighted by atomic mass is 16.7. The van der Waals surface area contributed by atoms with E-state index >= 15 is 0 Å². The molecule has 28 heavy (non-hydrogen) atoms. The number of nitrogens with zero attached hydrogens (tertiary/aromatic N) is 3. The predicted octanol–water partition coefficient (Wildman–Crippen LogP) is 2.98. The maximum Gasteiger partial charge on any atom is 0.231 e. The fourth-order valence-electron chi connectivity index (χ4n) is 3.82. The lowest BCUT2D eigenvalue weighted by molar-refractivity contribution is 0.171. The highest BCUT2D eigenvalue weighted by Crippen LogP contribution is 2.42. The Bertz CT molecular complexity index is 1040. The van der Waals surface area contributed by atoms with Gasteiger partial charge in [-0.2, -0.15) is 0 Å². The Morgan fingerprint density at radius 1 is 1.11 bits per heavy atom. The van der Waals surface area contributed by atoms with Gasteiger partial charge in [-0.25, -0.2) is 9.97 Å². The third-order valence-electron chi connectivity index (χ3n) is 5.04. The average Bonchev–Trinajstić information content (AvgIpc) is 3.33. The zero-order valence-corrected chi connectivity index (χ0v) is 15.5. The van der Waals surface area contributed by atoms with Gasteiger partial charge in [-0.05, 0) is 17.7 Å². The van der Waals surface area contributed by atoms with Crippen LogP contribution in [0.4, 0.5) is 5.95 Å². The lowest BCUT2D eigenvalue weighted by Crippen LogP contribution is -2.16. The van der Waals surface area contributed by atoms with Gasteiger partial charge < -0.3 is 19.9 Å². The van der Waals surface area contributed by atoms with Crippen molar-refractivity contribution >= 4 is 5.95 Å². The van der Waals surface area contributed by atoms with E-state index in [-0.39, 0.29) is 6.79 Å². The Labute approximate surface area is 162 Å². The molecule has 2 aromatic carbocycles. The zero-order valence-electron chi connectivity index (χ0n) is 15.5. The van der Waals surface area contributed by atoms with E-state index in [9.17, 15) is 0 Å². The number of methoxy groups -OCH3 is 1. The van der Waals surface area contributed by atoms with Gasteiger partial charge in [-0.1, -0.05) is 30.3 Å². The molecule has 0 saturated carbocycles. The van der Waals surface area contributed by atoms with Crippen molar-refractivity contribution in [3.8, 4) is 28.5 Å². The number of fused-ring (bicyclic) bond motifs is 2.